The highest BCUT2D eigenvalue weighted by atomic mass is 35.5. The van der Waals surface area contributed by atoms with Gasteiger partial charge in [0.2, 0.25) is 0 Å². The fourth-order valence-corrected chi connectivity index (χ4v) is 3.76. The zero-order valence-electron chi connectivity index (χ0n) is 22.3. The zero-order chi connectivity index (χ0) is 29.9. The quantitative estimate of drug-likeness (QED) is 0.121. The standard InChI is InChI=1S/C11H14ClNO5.C11H12ClNO4.C4H8O/c1-17-7-18-11(4-5-14)9-6-8(12)2-3-10(9)13(15)16;1-3-11(17-7-16-2)9-6-8(12)4-5-10(9)13(14)15;1-2-4-5-3-1/h2-3,6,11,14H,4-5,7H2,1H3;3-6,11H,1,7H2,2H3;1-4H2. The Hall–Kier alpha value is -2.68. The van der Waals surface area contributed by atoms with Gasteiger partial charge in [-0.2, -0.15) is 0 Å². The van der Waals surface area contributed by atoms with E-state index in [9.17, 15) is 20.2 Å². The summed E-state index contributed by atoms with van der Waals surface area (Å²) in [5.74, 6) is 0. The second kappa shape index (κ2) is 20.2. The van der Waals surface area contributed by atoms with Crippen molar-refractivity contribution in [2.75, 3.05) is 47.6 Å². The SMILES string of the molecule is C1CCOC1.C=CC(OCOC)c1cc(Cl)ccc1[N+](=O)[O-].COCOC(CCO)c1cc(Cl)ccc1[N+](=O)[O-]. The van der Waals surface area contributed by atoms with E-state index >= 15 is 0 Å². The highest BCUT2D eigenvalue weighted by Gasteiger charge is 2.23. The molecule has 2 aromatic carbocycles. The third kappa shape index (κ3) is 12.7. The molecule has 3 rings (SSSR count). The minimum absolute atomic E-state index is 0.0142. The van der Waals surface area contributed by atoms with E-state index < -0.39 is 22.1 Å². The Balaban J connectivity index is 0.000000340. The van der Waals surface area contributed by atoms with Gasteiger partial charge in [0, 0.05) is 62.6 Å². The first-order valence-corrected chi connectivity index (χ1v) is 12.9. The molecule has 0 saturated carbocycles. The van der Waals surface area contributed by atoms with Crippen LogP contribution in [-0.2, 0) is 23.7 Å². The van der Waals surface area contributed by atoms with Crippen molar-refractivity contribution >= 4 is 34.6 Å². The normalized spacial score (nSPS) is 13.7. The van der Waals surface area contributed by atoms with Gasteiger partial charge in [-0.1, -0.05) is 29.3 Å². The molecule has 2 atom stereocenters. The fraction of sp³-hybridized carbons (Fsp3) is 0.462. The average molecular weight is 605 g/mol. The Bertz CT molecular complexity index is 1060. The molecule has 1 fully saturated rings. The van der Waals surface area contributed by atoms with Crippen molar-refractivity contribution in [1.82, 2.24) is 0 Å². The summed E-state index contributed by atoms with van der Waals surface area (Å²) in [7, 11) is 2.91. The number of nitro groups is 2. The lowest BCUT2D eigenvalue weighted by molar-refractivity contribution is -0.386. The topological polar surface area (TPSA) is 153 Å². The number of nitrogens with zero attached hydrogens (tertiary/aromatic N) is 2. The van der Waals surface area contributed by atoms with Gasteiger partial charge in [0.25, 0.3) is 11.4 Å². The number of hydrogen-bond acceptors (Lipinski definition) is 10. The maximum absolute atomic E-state index is 10.9. The molecule has 0 spiro atoms. The van der Waals surface area contributed by atoms with Gasteiger partial charge >= 0.3 is 0 Å². The summed E-state index contributed by atoms with van der Waals surface area (Å²) in [5.41, 5.74) is 0.539. The minimum Gasteiger partial charge on any atom is -0.396 e. The van der Waals surface area contributed by atoms with E-state index in [4.69, 9.17) is 52.0 Å². The van der Waals surface area contributed by atoms with Crippen LogP contribution < -0.4 is 0 Å². The van der Waals surface area contributed by atoms with Gasteiger partial charge in [-0.15, -0.1) is 6.58 Å². The molecule has 0 radical (unpaired) electrons. The van der Waals surface area contributed by atoms with Crippen molar-refractivity contribution in [2.24, 2.45) is 0 Å². The van der Waals surface area contributed by atoms with Crippen molar-refractivity contribution in [3.8, 4) is 0 Å². The minimum atomic E-state index is -0.631. The third-order valence-corrected chi connectivity index (χ3v) is 5.68. The monoisotopic (exact) mass is 604 g/mol. The molecule has 2 aromatic rings. The van der Waals surface area contributed by atoms with Crippen LogP contribution in [0.1, 0.15) is 42.6 Å². The molecule has 1 aliphatic rings. The molecule has 222 valence electrons. The van der Waals surface area contributed by atoms with Crippen LogP contribution in [0.4, 0.5) is 11.4 Å². The number of benzene rings is 2. The molecule has 2 unspecified atom stereocenters. The molecule has 0 aliphatic carbocycles. The number of nitro benzene ring substituents is 2. The van der Waals surface area contributed by atoms with E-state index in [1.54, 1.807) is 0 Å². The smallest absolute Gasteiger partial charge is 0.275 e. The van der Waals surface area contributed by atoms with Crippen molar-refractivity contribution in [3.05, 3.63) is 90.5 Å². The predicted molar refractivity (Wildman–Crippen MR) is 150 cm³/mol. The number of rotatable bonds is 13. The Morgan fingerprint density at radius 3 is 1.88 bits per heavy atom. The van der Waals surface area contributed by atoms with Crippen LogP contribution >= 0.6 is 23.2 Å². The van der Waals surface area contributed by atoms with Crippen molar-refractivity contribution in [1.29, 1.82) is 0 Å². The van der Waals surface area contributed by atoms with Crippen LogP contribution in [0.3, 0.4) is 0 Å². The maximum atomic E-state index is 10.9. The van der Waals surface area contributed by atoms with Gasteiger partial charge in [0.15, 0.2) is 0 Å². The molecule has 1 saturated heterocycles. The lowest BCUT2D eigenvalue weighted by Crippen LogP contribution is -2.11. The second-order valence-corrected chi connectivity index (χ2v) is 8.92. The molecule has 40 heavy (non-hydrogen) atoms. The second-order valence-electron chi connectivity index (χ2n) is 8.04. The van der Waals surface area contributed by atoms with Crippen molar-refractivity contribution in [2.45, 2.75) is 31.5 Å². The van der Waals surface area contributed by atoms with Gasteiger partial charge in [0.05, 0.1) is 27.1 Å². The first-order chi connectivity index (χ1) is 19.2. The summed E-state index contributed by atoms with van der Waals surface area (Å²) >= 11 is 11.6. The predicted octanol–water partition coefficient (Wildman–Crippen LogP) is 6.18. The molecule has 0 aromatic heterocycles. The third-order valence-electron chi connectivity index (χ3n) is 5.21. The molecular formula is C26H34Cl2N2O10. The summed E-state index contributed by atoms with van der Waals surface area (Å²) in [4.78, 5) is 20.8. The number of halogens is 2. The summed E-state index contributed by atoms with van der Waals surface area (Å²) in [6.07, 6.45) is 2.98. The van der Waals surface area contributed by atoms with Crippen LogP contribution in [0.5, 0.6) is 0 Å². The molecule has 0 bridgehead atoms. The van der Waals surface area contributed by atoms with E-state index in [0.29, 0.717) is 21.2 Å². The van der Waals surface area contributed by atoms with Crippen LogP contribution in [-0.4, -0.2) is 62.6 Å². The Kier molecular flexibility index (Phi) is 17.9. The van der Waals surface area contributed by atoms with Crippen LogP contribution in [0, 0.1) is 20.2 Å². The summed E-state index contributed by atoms with van der Waals surface area (Å²) in [6, 6.07) is 8.51. The van der Waals surface area contributed by atoms with Gasteiger partial charge < -0.3 is 28.8 Å². The first kappa shape index (κ1) is 35.3. The Morgan fingerprint density at radius 1 is 0.950 bits per heavy atom. The molecule has 0 amide bonds. The van der Waals surface area contributed by atoms with Crippen LogP contribution in [0.25, 0.3) is 0 Å². The van der Waals surface area contributed by atoms with Crippen molar-refractivity contribution in [3.63, 3.8) is 0 Å². The fourth-order valence-electron chi connectivity index (χ4n) is 3.40. The lowest BCUT2D eigenvalue weighted by atomic mass is 10.0. The molecule has 1 N–H and O–H groups in total. The van der Waals surface area contributed by atoms with Gasteiger partial charge in [-0.05, 0) is 37.1 Å². The zero-order valence-corrected chi connectivity index (χ0v) is 23.8. The lowest BCUT2D eigenvalue weighted by Gasteiger charge is -2.17. The van der Waals surface area contributed by atoms with Gasteiger partial charge in [0.1, 0.15) is 19.7 Å². The number of aliphatic hydroxyl groups excluding tert-OH is 1. The summed E-state index contributed by atoms with van der Waals surface area (Å²) in [6.45, 7) is 5.41. The number of hydrogen-bond donors (Lipinski definition) is 1. The van der Waals surface area contributed by atoms with E-state index in [0.717, 1.165) is 13.2 Å². The average Bonchev–Trinajstić information content (AvgIpc) is 3.52. The number of ether oxygens (including phenoxy) is 5. The number of aliphatic hydroxyl groups is 1. The van der Waals surface area contributed by atoms with Gasteiger partial charge in [-0.3, -0.25) is 20.2 Å². The van der Waals surface area contributed by atoms with Crippen LogP contribution in [0.15, 0.2) is 49.1 Å². The van der Waals surface area contributed by atoms with Crippen molar-refractivity contribution < 1.29 is 38.6 Å². The highest BCUT2D eigenvalue weighted by molar-refractivity contribution is 6.31. The Morgan fingerprint density at radius 2 is 1.45 bits per heavy atom. The summed E-state index contributed by atoms with van der Waals surface area (Å²) in [5, 5.41) is 31.5. The molecule has 14 heteroatoms. The molecule has 1 aliphatic heterocycles. The van der Waals surface area contributed by atoms with Gasteiger partial charge in [-0.25, -0.2) is 0 Å². The molecule has 1 heterocycles. The summed E-state index contributed by atoms with van der Waals surface area (Å²) < 4.78 is 25.0. The van der Waals surface area contributed by atoms with E-state index in [1.165, 1.54) is 69.5 Å². The van der Waals surface area contributed by atoms with E-state index in [2.05, 4.69) is 6.58 Å². The molecular weight excluding hydrogens is 571 g/mol. The Labute approximate surface area is 242 Å². The first-order valence-electron chi connectivity index (χ1n) is 12.1. The van der Waals surface area contributed by atoms with E-state index in [-0.39, 0.29) is 38.0 Å². The largest absolute Gasteiger partial charge is 0.396 e. The maximum Gasteiger partial charge on any atom is 0.275 e. The number of methoxy groups -OCH3 is 2. The van der Waals surface area contributed by atoms with E-state index in [1.807, 2.05) is 0 Å². The van der Waals surface area contributed by atoms with Crippen LogP contribution in [0.2, 0.25) is 10.0 Å². The molecule has 12 nitrogen and oxygen atoms in total. The highest BCUT2D eigenvalue weighted by Crippen LogP contribution is 2.32.